The predicted octanol–water partition coefficient (Wildman–Crippen LogP) is 14.7. The molecule has 0 spiro atoms. The average Bonchev–Trinajstić information content (AvgIpc) is 1.63. The van der Waals surface area contributed by atoms with E-state index in [9.17, 15) is 30.2 Å². The number of nitroso groups, excluding NO2 is 1. The number of benzene rings is 6. The number of aryl methyl sites for hydroxylation is 4. The molecule has 10 rings (SSSR count). The second kappa shape index (κ2) is 39.4. The zero-order valence-corrected chi connectivity index (χ0v) is 73.5. The smallest absolute Gasteiger partial charge is 0.288 e. The number of hydrogen-bond acceptors (Lipinski definition) is 22. The van der Waals surface area contributed by atoms with E-state index in [4.69, 9.17) is 37.3 Å². The first-order chi connectivity index (χ1) is 54.0. The van der Waals surface area contributed by atoms with Crippen LogP contribution in [-0.4, -0.2) is 151 Å². The Bertz CT molecular complexity index is 5150. The number of nitrogens with zero attached hydrogens (tertiary/aromatic N) is 11. The summed E-state index contributed by atoms with van der Waals surface area (Å²) in [6.45, 7) is 41.7. The molecular formula is C82H114N16O13S4. The molecule has 4 atom stereocenters. The fraction of sp³-hybridized carbons (Fsp3) is 0.463. The summed E-state index contributed by atoms with van der Waals surface area (Å²) < 4.78 is 118. The van der Waals surface area contributed by atoms with Crippen LogP contribution in [0, 0.1) is 43.4 Å². The fourth-order valence-corrected chi connectivity index (χ4v) is 15.9. The lowest BCUT2D eigenvalue weighted by molar-refractivity contribution is 0.283. The second-order valence-corrected chi connectivity index (χ2v) is 37.8. The van der Waals surface area contributed by atoms with Gasteiger partial charge in [0.2, 0.25) is 31.8 Å². The molecule has 1 aliphatic rings. The van der Waals surface area contributed by atoms with E-state index in [1.54, 1.807) is 43.1 Å². The van der Waals surface area contributed by atoms with Gasteiger partial charge < -0.3 is 37.1 Å². The number of hydrogen-bond donors (Lipinski definition) is 5. The van der Waals surface area contributed by atoms with E-state index in [1.807, 2.05) is 151 Å². The minimum absolute atomic E-state index is 0.0393. The number of H-pyrrole nitrogens is 1. The number of aromatic amines is 1. The Labute approximate surface area is 683 Å². The minimum atomic E-state index is -3.29. The van der Waals surface area contributed by atoms with Gasteiger partial charge in [0.15, 0.2) is 40.2 Å². The van der Waals surface area contributed by atoms with Crippen molar-refractivity contribution in [2.45, 2.75) is 160 Å². The van der Waals surface area contributed by atoms with Crippen LogP contribution in [0.2, 0.25) is 0 Å². The number of nitrogens with one attached hydrogen (secondary N) is 5. The van der Waals surface area contributed by atoms with Gasteiger partial charge in [0.25, 0.3) is 28.4 Å². The van der Waals surface area contributed by atoms with Gasteiger partial charge in [0, 0.05) is 81.6 Å². The van der Waals surface area contributed by atoms with Crippen LogP contribution < -0.4 is 56.0 Å². The summed E-state index contributed by atoms with van der Waals surface area (Å²) in [7, 11) is -3.30. The molecular weight excluding hydrogens is 1550 g/mol. The molecule has 3 aromatic heterocycles. The van der Waals surface area contributed by atoms with Gasteiger partial charge in [0.05, 0.1) is 32.4 Å². The van der Waals surface area contributed by atoms with Crippen molar-refractivity contribution in [1.29, 1.82) is 0 Å². The summed E-state index contributed by atoms with van der Waals surface area (Å²) in [5.41, 5.74) is 9.96. The van der Waals surface area contributed by atoms with Gasteiger partial charge in [0.1, 0.15) is 23.0 Å². The number of ether oxygens (including phenoxy) is 4. The Balaban J connectivity index is 0.000000244. The Morgan fingerprint density at radius 2 is 1.02 bits per heavy atom. The molecule has 4 heterocycles. The molecule has 624 valence electrons. The summed E-state index contributed by atoms with van der Waals surface area (Å²) in [6.07, 6.45) is 4.28. The van der Waals surface area contributed by atoms with Crippen LogP contribution >= 0.6 is 0 Å². The van der Waals surface area contributed by atoms with E-state index < -0.39 is 42.6 Å². The monoisotopic (exact) mass is 1660 g/mol. The lowest BCUT2D eigenvalue weighted by atomic mass is 9.72. The van der Waals surface area contributed by atoms with E-state index in [0.29, 0.717) is 113 Å². The zero-order valence-electron chi connectivity index (χ0n) is 70.2. The number of para-hydroxylation sites is 4. The molecule has 29 nitrogen and oxygen atoms in total. The highest BCUT2D eigenvalue weighted by Gasteiger charge is 2.34. The minimum Gasteiger partial charge on any atom is -0.493 e. The number of anilines is 2. The van der Waals surface area contributed by atoms with E-state index >= 15 is 0 Å². The van der Waals surface area contributed by atoms with Gasteiger partial charge in [-0.1, -0.05) is 132 Å². The summed E-state index contributed by atoms with van der Waals surface area (Å²) in [4.78, 5) is 30.5. The topological polar surface area (TPSA) is 343 Å². The van der Waals surface area contributed by atoms with Gasteiger partial charge in [-0.2, -0.15) is 13.0 Å². The second-order valence-electron chi connectivity index (χ2n) is 32.3. The third-order valence-corrected chi connectivity index (χ3v) is 21.6. The van der Waals surface area contributed by atoms with Crippen molar-refractivity contribution < 1.29 is 52.6 Å². The van der Waals surface area contributed by atoms with Crippen molar-refractivity contribution in [1.82, 2.24) is 53.6 Å². The maximum absolute atomic E-state index is 13.2. The largest absolute Gasteiger partial charge is 0.493 e. The van der Waals surface area contributed by atoms with Crippen LogP contribution in [0.1, 0.15) is 172 Å². The van der Waals surface area contributed by atoms with Crippen molar-refractivity contribution in [2.75, 3.05) is 88.9 Å². The first kappa shape index (κ1) is 91.0. The lowest BCUT2D eigenvalue weighted by Gasteiger charge is -2.33. The summed E-state index contributed by atoms with van der Waals surface area (Å²) >= 11 is -3.54. The molecule has 4 unspecified atom stereocenters. The molecule has 33 heteroatoms. The third-order valence-electron chi connectivity index (χ3n) is 18.7. The Morgan fingerprint density at radius 1 is 0.557 bits per heavy atom. The molecule has 6 aromatic carbocycles. The van der Waals surface area contributed by atoms with Crippen molar-refractivity contribution in [3.8, 4) is 40.4 Å². The maximum Gasteiger partial charge on any atom is 0.288 e. The van der Waals surface area contributed by atoms with Crippen LogP contribution in [0.25, 0.3) is 5.65 Å². The van der Waals surface area contributed by atoms with Crippen molar-refractivity contribution in [3.05, 3.63) is 183 Å². The number of likely N-dealkylation sites (N-methyl/N-ethyl adjacent to an activating group) is 2. The molecule has 5 N–H and O–H groups in total. The molecule has 0 bridgehead atoms. The maximum atomic E-state index is 13.2. The number of rotatable bonds is 35. The normalized spacial score (nSPS) is 14.0. The van der Waals surface area contributed by atoms with Gasteiger partial charge >= 0.3 is 0 Å². The molecule has 0 fully saturated rings. The standard InChI is InChI=1S/C41H56N8O6S2.C29H39N5O4S.C12H19N3O3S/c1-12-48(22-21-43-57(11,51)52)31-19-20-32(28(3)23-31)44-36-38-45-37(46-49(38)47-39(36)54-34-16-14-13-15-33(34)53-10)29(4)25-42-56(50)55-35-24-30(18-17-27(35)2)41(8,9)26-40(5,6)7;1-19-13-14-21(29(6,7)18-28(3,4)5)15-24(19)38-39(35)30-17-20(2)27-31-25-16-26(32-34(25)33-27)37-23-12-10-9-11-22(23)36-8;1-4-15(8-7-13-19(3,17)18)11-5-6-12(14-16)10(2)9-11/h13-20,23-24,29,42-43H,12,21-22,25-26H2,1-11H3;9-16,20,30H,17-18H2,1-8H3,(H,31,33);5-6,9,13H,4,7-8H2,1-3H3. The van der Waals surface area contributed by atoms with Crippen molar-refractivity contribution in [3.63, 3.8) is 0 Å². The van der Waals surface area contributed by atoms with Crippen LogP contribution in [-0.2, 0) is 53.4 Å². The molecule has 0 radical (unpaired) electrons. The van der Waals surface area contributed by atoms with E-state index in [0.717, 1.165) is 76.7 Å². The number of sulfonamides is 2. The number of aliphatic imine (C=N–C) groups is 1. The zero-order chi connectivity index (χ0) is 84.5. The van der Waals surface area contributed by atoms with Gasteiger partial charge in [-0.3, -0.25) is 5.10 Å². The van der Waals surface area contributed by atoms with E-state index in [2.05, 4.69) is 136 Å². The van der Waals surface area contributed by atoms with Crippen LogP contribution in [0.4, 0.5) is 22.7 Å². The molecule has 1 aliphatic heterocycles. The van der Waals surface area contributed by atoms with Gasteiger partial charge in [-0.15, -0.1) is 25.0 Å². The molecule has 0 aliphatic carbocycles. The predicted molar refractivity (Wildman–Crippen MR) is 459 cm³/mol. The number of fused-ring (bicyclic) bond motifs is 2. The van der Waals surface area contributed by atoms with Crippen LogP contribution in [0.5, 0.6) is 40.4 Å². The highest BCUT2D eigenvalue weighted by molar-refractivity contribution is 7.89. The third kappa shape index (κ3) is 26.8. The molecule has 115 heavy (non-hydrogen) atoms. The highest BCUT2D eigenvalue weighted by Crippen LogP contribution is 2.41. The van der Waals surface area contributed by atoms with E-state index in [-0.39, 0.29) is 52.5 Å². The molecule has 0 saturated carbocycles. The van der Waals surface area contributed by atoms with E-state index in [1.165, 1.54) is 4.79 Å². The Morgan fingerprint density at radius 3 is 1.45 bits per heavy atom. The molecule has 0 saturated heterocycles. The summed E-state index contributed by atoms with van der Waals surface area (Å²) in [6, 6.07) is 39.8. The fourth-order valence-electron chi connectivity index (χ4n) is 13.4. The van der Waals surface area contributed by atoms with Gasteiger partial charge in [-0.05, 0) is 187 Å². The Kier molecular flexibility index (Phi) is 31.2. The average molecular weight is 1660 g/mol. The summed E-state index contributed by atoms with van der Waals surface area (Å²) in [5, 5.41) is 19.8. The highest BCUT2D eigenvalue weighted by atomic mass is 32.2. The van der Waals surface area contributed by atoms with Gasteiger partial charge in [-0.25, -0.2) is 50.7 Å². The molecule has 9 aromatic rings. The van der Waals surface area contributed by atoms with Crippen LogP contribution in [0.15, 0.2) is 143 Å². The number of methoxy groups -OCH3 is 2. The first-order valence-corrected chi connectivity index (χ1v) is 44.0. The van der Waals surface area contributed by atoms with Crippen molar-refractivity contribution in [2.24, 2.45) is 26.1 Å². The number of aromatic nitrogens is 7. The SMILES string of the molecule is CCN(CCNS(C)(=O)=O)c1ccc(N=C2C(Oc3ccccc3OC)=Nn3nc(C(C)CNS(=O)Oc4cc(C(C)(C)CC(C)(C)C)ccc4C)nc32)c(C)c1.CCN(CCNS(C)(=O)=O)c1ccc(N=O)c(C)c1.COc1ccccc1Oc1cc2nc(C(C)CNS(=O)Oc3cc(C(C)(C)CC(C)(C)C)ccc3C)[nH]n2n1. The first-order valence-electron chi connectivity index (χ1n) is 38.0. The Hall–Kier alpha value is -9.48. The van der Waals surface area contributed by atoms with Crippen molar-refractivity contribution >= 4 is 82.6 Å². The summed E-state index contributed by atoms with van der Waals surface area (Å²) in [5.74, 6) is 5.14. The van der Waals surface area contributed by atoms with Crippen LogP contribution in [0.3, 0.4) is 0 Å². The quantitative estimate of drug-likeness (QED) is 0.0230. The molecule has 0 amide bonds. The lowest BCUT2D eigenvalue weighted by Crippen LogP contribution is -2.34.